The second-order valence-electron chi connectivity index (χ2n) is 6.86. The molecule has 0 aliphatic heterocycles. The molecule has 0 atom stereocenters. The quantitative estimate of drug-likeness (QED) is 0.288. The Bertz CT molecular complexity index is 1260. The Kier molecular flexibility index (Phi) is 6.62. The molecule has 4 aromatic rings. The van der Waals surface area contributed by atoms with Crippen LogP contribution in [0.25, 0.3) is 10.9 Å². The summed E-state index contributed by atoms with van der Waals surface area (Å²) in [6.45, 7) is 0. The first kappa shape index (κ1) is 21.3. The Balaban J connectivity index is 1.48. The van der Waals surface area contributed by atoms with Crippen LogP contribution in [0.15, 0.2) is 84.0 Å². The SMILES string of the molecule is CNC(=O)c1cccc(NC(=O)CSc2nc(Nc3ccccc3)c3ccccc3n2)c1. The molecule has 0 fully saturated rings. The average molecular weight is 444 g/mol. The molecule has 0 radical (unpaired) electrons. The Hall–Kier alpha value is -3.91. The normalized spacial score (nSPS) is 10.5. The maximum Gasteiger partial charge on any atom is 0.251 e. The number of benzene rings is 3. The summed E-state index contributed by atoms with van der Waals surface area (Å²) in [5.41, 5.74) is 2.75. The molecule has 1 heterocycles. The zero-order chi connectivity index (χ0) is 22.3. The van der Waals surface area contributed by atoms with Gasteiger partial charge in [-0.1, -0.05) is 48.2 Å². The van der Waals surface area contributed by atoms with Crippen molar-refractivity contribution in [1.29, 1.82) is 0 Å². The van der Waals surface area contributed by atoms with E-state index in [4.69, 9.17) is 0 Å². The van der Waals surface area contributed by atoms with Crippen molar-refractivity contribution in [3.05, 3.63) is 84.4 Å². The molecule has 0 aliphatic rings. The molecule has 3 aromatic carbocycles. The molecule has 3 N–H and O–H groups in total. The van der Waals surface area contributed by atoms with E-state index in [1.165, 1.54) is 11.8 Å². The third-order valence-corrected chi connectivity index (χ3v) is 5.43. The summed E-state index contributed by atoms with van der Waals surface area (Å²) in [6.07, 6.45) is 0. The number of para-hydroxylation sites is 2. The van der Waals surface area contributed by atoms with Crippen molar-refractivity contribution >= 4 is 51.7 Å². The maximum absolute atomic E-state index is 12.5. The molecule has 4 rings (SSSR count). The van der Waals surface area contributed by atoms with Gasteiger partial charge in [0, 0.05) is 29.4 Å². The lowest BCUT2D eigenvalue weighted by atomic mass is 10.2. The van der Waals surface area contributed by atoms with E-state index in [2.05, 4.69) is 25.9 Å². The summed E-state index contributed by atoms with van der Waals surface area (Å²) < 4.78 is 0. The van der Waals surface area contributed by atoms with Crippen LogP contribution < -0.4 is 16.0 Å². The van der Waals surface area contributed by atoms with Crippen LogP contribution in [0.1, 0.15) is 10.4 Å². The van der Waals surface area contributed by atoms with E-state index < -0.39 is 0 Å². The number of thioether (sulfide) groups is 1. The fraction of sp³-hybridized carbons (Fsp3) is 0.0833. The average Bonchev–Trinajstić information content (AvgIpc) is 2.83. The molecule has 8 heteroatoms. The number of anilines is 3. The zero-order valence-corrected chi connectivity index (χ0v) is 18.1. The molecule has 0 unspecified atom stereocenters. The molecule has 1 aromatic heterocycles. The minimum atomic E-state index is -0.210. The molecule has 32 heavy (non-hydrogen) atoms. The summed E-state index contributed by atoms with van der Waals surface area (Å²) in [5, 5.41) is 10.1. The van der Waals surface area contributed by atoms with Gasteiger partial charge in [0.05, 0.1) is 11.3 Å². The van der Waals surface area contributed by atoms with Gasteiger partial charge in [-0.3, -0.25) is 9.59 Å². The van der Waals surface area contributed by atoms with E-state index in [1.807, 2.05) is 54.6 Å². The van der Waals surface area contributed by atoms with Gasteiger partial charge in [-0.25, -0.2) is 9.97 Å². The number of nitrogens with one attached hydrogen (secondary N) is 3. The van der Waals surface area contributed by atoms with Crippen molar-refractivity contribution in [2.75, 3.05) is 23.4 Å². The van der Waals surface area contributed by atoms with Crippen molar-refractivity contribution in [2.24, 2.45) is 0 Å². The predicted molar refractivity (Wildman–Crippen MR) is 128 cm³/mol. The van der Waals surface area contributed by atoms with Crippen LogP contribution in [-0.4, -0.2) is 34.6 Å². The van der Waals surface area contributed by atoms with E-state index in [1.54, 1.807) is 31.3 Å². The third-order valence-electron chi connectivity index (χ3n) is 4.59. The second kappa shape index (κ2) is 9.93. The molecule has 0 bridgehead atoms. The summed E-state index contributed by atoms with van der Waals surface area (Å²) >= 11 is 1.25. The summed E-state index contributed by atoms with van der Waals surface area (Å²) in [6, 6.07) is 24.3. The van der Waals surface area contributed by atoms with Gasteiger partial charge < -0.3 is 16.0 Å². The molecule has 160 valence electrons. The third kappa shape index (κ3) is 5.22. The Morgan fingerprint density at radius 3 is 2.44 bits per heavy atom. The molecule has 0 saturated heterocycles. The zero-order valence-electron chi connectivity index (χ0n) is 17.3. The summed E-state index contributed by atoms with van der Waals surface area (Å²) in [5.74, 6) is 0.396. The first-order chi connectivity index (χ1) is 15.6. The smallest absolute Gasteiger partial charge is 0.251 e. The highest BCUT2D eigenvalue weighted by molar-refractivity contribution is 7.99. The highest BCUT2D eigenvalue weighted by atomic mass is 32.2. The number of aromatic nitrogens is 2. The number of rotatable bonds is 7. The molecular formula is C24H21N5O2S. The number of fused-ring (bicyclic) bond motifs is 1. The topological polar surface area (TPSA) is 96.0 Å². The number of nitrogens with zero attached hydrogens (tertiary/aromatic N) is 2. The molecule has 7 nitrogen and oxygen atoms in total. The van der Waals surface area contributed by atoms with Crippen LogP contribution in [0.5, 0.6) is 0 Å². The lowest BCUT2D eigenvalue weighted by Crippen LogP contribution is -2.19. The lowest BCUT2D eigenvalue weighted by Gasteiger charge is -2.11. The van der Waals surface area contributed by atoms with Crippen LogP contribution in [-0.2, 0) is 4.79 Å². The van der Waals surface area contributed by atoms with Gasteiger partial charge in [0.2, 0.25) is 5.91 Å². The van der Waals surface area contributed by atoms with Gasteiger partial charge >= 0.3 is 0 Å². The van der Waals surface area contributed by atoms with E-state index in [-0.39, 0.29) is 17.6 Å². The van der Waals surface area contributed by atoms with Gasteiger partial charge in [-0.05, 0) is 42.5 Å². The van der Waals surface area contributed by atoms with E-state index in [0.29, 0.717) is 22.2 Å². The van der Waals surface area contributed by atoms with Crippen LogP contribution in [0.3, 0.4) is 0 Å². The number of hydrogen-bond donors (Lipinski definition) is 3. The standard InChI is InChI=1S/C24H21N5O2S/c1-25-23(31)16-8-7-11-18(14-16)26-21(30)15-32-24-28-20-13-6-5-12-19(20)22(29-24)27-17-9-3-2-4-10-17/h2-14H,15H2,1H3,(H,25,31)(H,26,30)(H,27,28,29). The number of amides is 2. The van der Waals surface area contributed by atoms with E-state index >= 15 is 0 Å². The summed E-state index contributed by atoms with van der Waals surface area (Å²) in [4.78, 5) is 33.5. The number of carbonyl (C=O) groups excluding carboxylic acids is 2. The molecule has 0 aliphatic carbocycles. The van der Waals surface area contributed by atoms with Gasteiger partial charge in [-0.2, -0.15) is 0 Å². The van der Waals surface area contributed by atoms with Crippen LogP contribution in [0.4, 0.5) is 17.2 Å². The van der Waals surface area contributed by atoms with Gasteiger partial charge in [0.25, 0.3) is 5.91 Å². The highest BCUT2D eigenvalue weighted by Crippen LogP contribution is 2.27. The van der Waals surface area contributed by atoms with Crippen LogP contribution in [0, 0.1) is 0 Å². The second-order valence-corrected chi connectivity index (χ2v) is 7.80. The molecule has 0 spiro atoms. The summed E-state index contributed by atoms with van der Waals surface area (Å²) in [7, 11) is 1.56. The highest BCUT2D eigenvalue weighted by Gasteiger charge is 2.11. The van der Waals surface area contributed by atoms with Gasteiger partial charge in [0.1, 0.15) is 5.82 Å². The van der Waals surface area contributed by atoms with Crippen LogP contribution in [0.2, 0.25) is 0 Å². The van der Waals surface area contributed by atoms with Crippen LogP contribution >= 0.6 is 11.8 Å². The molecule has 2 amide bonds. The Morgan fingerprint density at radius 2 is 1.62 bits per heavy atom. The predicted octanol–water partition coefficient (Wildman–Crippen LogP) is 4.46. The van der Waals surface area contributed by atoms with Crippen molar-refractivity contribution in [3.63, 3.8) is 0 Å². The fourth-order valence-corrected chi connectivity index (χ4v) is 3.73. The largest absolute Gasteiger partial charge is 0.355 e. The van der Waals surface area contributed by atoms with Gasteiger partial charge in [0.15, 0.2) is 5.16 Å². The van der Waals surface area contributed by atoms with Gasteiger partial charge in [-0.15, -0.1) is 0 Å². The lowest BCUT2D eigenvalue weighted by molar-refractivity contribution is -0.113. The minimum absolute atomic E-state index is 0.132. The van der Waals surface area contributed by atoms with E-state index in [9.17, 15) is 9.59 Å². The number of carbonyl (C=O) groups is 2. The van der Waals surface area contributed by atoms with Crippen molar-refractivity contribution in [1.82, 2.24) is 15.3 Å². The monoisotopic (exact) mass is 443 g/mol. The molecular weight excluding hydrogens is 422 g/mol. The van der Waals surface area contributed by atoms with Crippen molar-refractivity contribution in [2.45, 2.75) is 5.16 Å². The van der Waals surface area contributed by atoms with Crippen molar-refractivity contribution < 1.29 is 9.59 Å². The van der Waals surface area contributed by atoms with E-state index in [0.717, 1.165) is 16.6 Å². The maximum atomic E-state index is 12.5. The Morgan fingerprint density at radius 1 is 0.875 bits per heavy atom. The fourth-order valence-electron chi connectivity index (χ4n) is 3.08. The first-order valence-electron chi connectivity index (χ1n) is 9.96. The number of hydrogen-bond acceptors (Lipinski definition) is 6. The first-order valence-corrected chi connectivity index (χ1v) is 10.9. The Labute approximate surface area is 189 Å². The minimum Gasteiger partial charge on any atom is -0.355 e. The van der Waals surface area contributed by atoms with Crippen molar-refractivity contribution in [3.8, 4) is 0 Å². The molecule has 0 saturated carbocycles.